The van der Waals surface area contributed by atoms with Crippen LogP contribution in [-0.4, -0.2) is 33.1 Å². The molecule has 7 heteroatoms. The molecule has 2 aliphatic rings. The molecule has 190 valence electrons. The highest BCUT2D eigenvalue weighted by molar-refractivity contribution is 5.96. The largest absolute Gasteiger partial charge is 0.493 e. The van der Waals surface area contributed by atoms with Crippen LogP contribution in [0, 0.1) is 11.3 Å². The standard InChI is InChI=1S/C29H33NO6/c1-17-24(28(32)36-16-18-10-8-7-9-11-18)25(26-20(30-17)14-29(2,3)15-21(26)31)19-12-22(33-4)27(35-6)23(13-19)34-5/h7-14,25-26,30H,15-16H2,1-6H3. The average molecular weight is 492 g/mol. The first-order valence-corrected chi connectivity index (χ1v) is 11.9. The Labute approximate surface area is 212 Å². The van der Waals surface area contributed by atoms with Crippen LogP contribution in [0.1, 0.15) is 44.2 Å². The molecule has 4 rings (SSSR count). The number of benzene rings is 2. The highest BCUT2D eigenvalue weighted by Gasteiger charge is 2.46. The number of fused-ring (bicyclic) bond motifs is 1. The van der Waals surface area contributed by atoms with E-state index in [1.165, 1.54) is 7.11 Å². The normalized spacial score (nSPS) is 20.6. The minimum Gasteiger partial charge on any atom is -0.493 e. The van der Waals surface area contributed by atoms with E-state index in [9.17, 15) is 9.59 Å². The molecule has 1 heterocycles. The Morgan fingerprint density at radius 3 is 2.22 bits per heavy atom. The van der Waals surface area contributed by atoms with Gasteiger partial charge in [-0.05, 0) is 35.6 Å². The fraction of sp³-hybridized carbons (Fsp3) is 0.379. The van der Waals surface area contributed by atoms with Crippen molar-refractivity contribution in [1.29, 1.82) is 0 Å². The predicted octanol–water partition coefficient (Wildman–Crippen LogP) is 4.92. The molecule has 0 spiro atoms. The maximum Gasteiger partial charge on any atom is 0.336 e. The van der Waals surface area contributed by atoms with E-state index in [0.717, 1.165) is 11.3 Å². The molecule has 1 aliphatic heterocycles. The molecule has 2 aromatic rings. The molecule has 7 nitrogen and oxygen atoms in total. The van der Waals surface area contributed by atoms with Gasteiger partial charge in [0.1, 0.15) is 12.4 Å². The van der Waals surface area contributed by atoms with Gasteiger partial charge in [-0.15, -0.1) is 0 Å². The van der Waals surface area contributed by atoms with Crippen LogP contribution in [0.5, 0.6) is 17.2 Å². The van der Waals surface area contributed by atoms with E-state index in [1.807, 2.05) is 51.1 Å². The average Bonchev–Trinajstić information content (AvgIpc) is 2.85. The Kier molecular flexibility index (Phi) is 7.11. The Hall–Kier alpha value is -3.74. The van der Waals surface area contributed by atoms with Crippen LogP contribution in [0.2, 0.25) is 0 Å². The summed E-state index contributed by atoms with van der Waals surface area (Å²) in [7, 11) is 4.62. The molecule has 1 aliphatic carbocycles. The van der Waals surface area contributed by atoms with Crippen molar-refractivity contribution in [3.05, 3.63) is 76.6 Å². The highest BCUT2D eigenvalue weighted by Crippen LogP contribution is 2.50. The molecule has 0 saturated heterocycles. The molecule has 0 radical (unpaired) electrons. The van der Waals surface area contributed by atoms with Crippen molar-refractivity contribution in [2.75, 3.05) is 21.3 Å². The van der Waals surface area contributed by atoms with Gasteiger partial charge in [-0.1, -0.05) is 50.3 Å². The zero-order chi connectivity index (χ0) is 26.0. The first kappa shape index (κ1) is 25.4. The van der Waals surface area contributed by atoms with Gasteiger partial charge in [0.25, 0.3) is 0 Å². The van der Waals surface area contributed by atoms with Crippen molar-refractivity contribution in [1.82, 2.24) is 5.32 Å². The van der Waals surface area contributed by atoms with Crippen molar-refractivity contribution < 1.29 is 28.5 Å². The molecule has 0 amide bonds. The highest BCUT2D eigenvalue weighted by atomic mass is 16.5. The van der Waals surface area contributed by atoms with Gasteiger partial charge in [0.15, 0.2) is 11.5 Å². The number of rotatable bonds is 7. The number of Topliss-reactive ketones (excluding diaryl/α,β-unsaturated/α-hetero) is 1. The van der Waals surface area contributed by atoms with Gasteiger partial charge >= 0.3 is 5.97 Å². The van der Waals surface area contributed by atoms with E-state index in [4.69, 9.17) is 18.9 Å². The number of hydrogen-bond donors (Lipinski definition) is 1. The lowest BCUT2D eigenvalue weighted by Gasteiger charge is -2.41. The summed E-state index contributed by atoms with van der Waals surface area (Å²) < 4.78 is 22.4. The molecule has 0 bridgehead atoms. The van der Waals surface area contributed by atoms with Crippen molar-refractivity contribution in [2.45, 2.75) is 39.7 Å². The predicted molar refractivity (Wildman–Crippen MR) is 136 cm³/mol. The summed E-state index contributed by atoms with van der Waals surface area (Å²) in [6.07, 6.45) is 2.47. The van der Waals surface area contributed by atoms with Gasteiger partial charge in [0.2, 0.25) is 5.75 Å². The molecule has 36 heavy (non-hydrogen) atoms. The fourth-order valence-corrected chi connectivity index (χ4v) is 5.18. The minimum absolute atomic E-state index is 0.0598. The number of ketones is 1. The monoisotopic (exact) mass is 491 g/mol. The molecule has 2 atom stereocenters. The SMILES string of the molecule is COc1cc(C2C(C(=O)OCc3ccccc3)=C(C)NC3=CC(C)(C)CC(=O)C32)cc(OC)c1OC. The summed E-state index contributed by atoms with van der Waals surface area (Å²) in [6.45, 7) is 6.04. The third kappa shape index (κ3) is 4.83. The van der Waals surface area contributed by atoms with Crippen LogP contribution in [0.15, 0.2) is 65.5 Å². The number of esters is 1. The van der Waals surface area contributed by atoms with Gasteiger partial charge in [-0.2, -0.15) is 0 Å². The van der Waals surface area contributed by atoms with Crippen LogP contribution in [0.25, 0.3) is 0 Å². The molecule has 2 aromatic carbocycles. The Bertz CT molecular complexity index is 1200. The zero-order valence-electron chi connectivity index (χ0n) is 21.6. The zero-order valence-corrected chi connectivity index (χ0v) is 21.6. The van der Waals surface area contributed by atoms with Crippen LogP contribution in [0.4, 0.5) is 0 Å². The number of ether oxygens (including phenoxy) is 4. The summed E-state index contributed by atoms with van der Waals surface area (Å²) in [5, 5.41) is 3.34. The first-order chi connectivity index (χ1) is 17.2. The summed E-state index contributed by atoms with van der Waals surface area (Å²) >= 11 is 0. The van der Waals surface area contributed by atoms with Crippen LogP contribution in [-0.2, 0) is 20.9 Å². The van der Waals surface area contributed by atoms with E-state index in [2.05, 4.69) is 11.4 Å². The summed E-state index contributed by atoms with van der Waals surface area (Å²) in [6, 6.07) is 13.1. The van der Waals surface area contributed by atoms with Crippen molar-refractivity contribution in [2.24, 2.45) is 11.3 Å². The van der Waals surface area contributed by atoms with E-state index in [-0.39, 0.29) is 17.8 Å². The lowest BCUT2D eigenvalue weighted by atomic mass is 9.66. The van der Waals surface area contributed by atoms with E-state index in [0.29, 0.717) is 40.5 Å². The molecule has 1 N–H and O–H groups in total. The van der Waals surface area contributed by atoms with E-state index < -0.39 is 17.8 Å². The number of nitrogens with one attached hydrogen (secondary N) is 1. The third-order valence-corrected chi connectivity index (χ3v) is 6.72. The van der Waals surface area contributed by atoms with Crippen molar-refractivity contribution in [3.63, 3.8) is 0 Å². The van der Waals surface area contributed by atoms with Gasteiger partial charge in [0.05, 0.1) is 32.8 Å². The van der Waals surface area contributed by atoms with Gasteiger partial charge < -0.3 is 24.3 Å². The molecule has 0 saturated carbocycles. The van der Waals surface area contributed by atoms with Gasteiger partial charge in [-0.25, -0.2) is 4.79 Å². The van der Waals surface area contributed by atoms with E-state index in [1.54, 1.807) is 26.4 Å². The summed E-state index contributed by atoms with van der Waals surface area (Å²) in [5.41, 5.74) is 3.16. The molecular formula is C29H33NO6. The Morgan fingerprint density at radius 2 is 1.64 bits per heavy atom. The molecule has 0 aromatic heterocycles. The quantitative estimate of drug-likeness (QED) is 0.551. The lowest BCUT2D eigenvalue weighted by molar-refractivity contribution is -0.141. The summed E-state index contributed by atoms with van der Waals surface area (Å²) in [5.74, 6) is -0.215. The second kappa shape index (κ2) is 10.1. The maximum absolute atomic E-state index is 13.6. The second-order valence-corrected chi connectivity index (χ2v) is 9.87. The number of hydrogen-bond acceptors (Lipinski definition) is 7. The fourth-order valence-electron chi connectivity index (χ4n) is 5.18. The summed E-state index contributed by atoms with van der Waals surface area (Å²) in [4.78, 5) is 27.1. The minimum atomic E-state index is -0.585. The molecular weight excluding hydrogens is 458 g/mol. The molecule has 0 fully saturated rings. The van der Waals surface area contributed by atoms with E-state index >= 15 is 0 Å². The van der Waals surface area contributed by atoms with Gasteiger partial charge in [-0.3, -0.25) is 4.79 Å². The first-order valence-electron chi connectivity index (χ1n) is 11.9. The van der Waals surface area contributed by atoms with Gasteiger partial charge in [0, 0.05) is 23.7 Å². The van der Waals surface area contributed by atoms with Crippen LogP contribution in [0.3, 0.4) is 0 Å². The van der Waals surface area contributed by atoms with Crippen LogP contribution < -0.4 is 19.5 Å². The topological polar surface area (TPSA) is 83.1 Å². The maximum atomic E-state index is 13.6. The van der Waals surface area contributed by atoms with Crippen molar-refractivity contribution >= 4 is 11.8 Å². The smallest absolute Gasteiger partial charge is 0.336 e. The number of carbonyl (C=O) groups excluding carboxylic acids is 2. The lowest BCUT2D eigenvalue weighted by Crippen LogP contribution is -2.43. The number of carbonyl (C=O) groups is 2. The Morgan fingerprint density at radius 1 is 1.00 bits per heavy atom. The number of allylic oxidation sites excluding steroid dienone is 3. The Balaban J connectivity index is 1.84. The molecule has 2 unspecified atom stereocenters. The van der Waals surface area contributed by atoms with Crippen molar-refractivity contribution in [3.8, 4) is 17.2 Å². The van der Waals surface area contributed by atoms with Crippen LogP contribution >= 0.6 is 0 Å². The third-order valence-electron chi connectivity index (χ3n) is 6.72. The number of methoxy groups -OCH3 is 3. The second-order valence-electron chi connectivity index (χ2n) is 9.87.